The fourth-order valence-electron chi connectivity index (χ4n) is 0.715. The van der Waals surface area contributed by atoms with Gasteiger partial charge in [-0.05, 0) is 33.9 Å². The van der Waals surface area contributed by atoms with Crippen molar-refractivity contribution in [2.75, 3.05) is 20.2 Å². The van der Waals surface area contributed by atoms with Crippen LogP contribution in [0.5, 0.6) is 0 Å². The van der Waals surface area contributed by atoms with Gasteiger partial charge in [0.2, 0.25) is 0 Å². The second-order valence-electron chi connectivity index (χ2n) is 2.16. The molecule has 0 radical (unpaired) electrons. The van der Waals surface area contributed by atoms with Crippen LogP contribution in [0.4, 0.5) is 0 Å². The van der Waals surface area contributed by atoms with Crippen LogP contribution in [0.15, 0.2) is 0 Å². The molecular formula is C7H17NO. The van der Waals surface area contributed by atoms with E-state index in [2.05, 4.69) is 12.2 Å². The number of hydrogen-bond acceptors (Lipinski definition) is 2. The molecule has 0 fully saturated rings. The van der Waals surface area contributed by atoms with Gasteiger partial charge < -0.3 is 10.1 Å². The van der Waals surface area contributed by atoms with Gasteiger partial charge in [0, 0.05) is 6.61 Å². The maximum Gasteiger partial charge on any atom is 0.0558 e. The van der Waals surface area contributed by atoms with Crippen molar-refractivity contribution in [2.45, 2.75) is 26.4 Å². The van der Waals surface area contributed by atoms with Crippen molar-refractivity contribution in [3.63, 3.8) is 0 Å². The Bertz CT molecular complexity index is 56.9. The zero-order valence-corrected chi connectivity index (χ0v) is 6.61. The van der Waals surface area contributed by atoms with Crippen molar-refractivity contribution >= 4 is 0 Å². The third-order valence-corrected chi connectivity index (χ3v) is 1.25. The predicted octanol–water partition coefficient (Wildman–Crippen LogP) is 1.02. The van der Waals surface area contributed by atoms with E-state index in [1.54, 1.807) is 0 Å². The van der Waals surface area contributed by atoms with E-state index < -0.39 is 0 Å². The number of rotatable bonds is 5. The van der Waals surface area contributed by atoms with Crippen molar-refractivity contribution in [1.29, 1.82) is 0 Å². The predicted molar refractivity (Wildman–Crippen MR) is 39.6 cm³/mol. The molecule has 0 saturated carbocycles. The van der Waals surface area contributed by atoms with Gasteiger partial charge in [-0.3, -0.25) is 0 Å². The first kappa shape index (κ1) is 8.92. The van der Waals surface area contributed by atoms with Crippen LogP contribution >= 0.6 is 0 Å². The van der Waals surface area contributed by atoms with E-state index in [-0.39, 0.29) is 0 Å². The summed E-state index contributed by atoms with van der Waals surface area (Å²) in [7, 11) is 1.96. The topological polar surface area (TPSA) is 21.3 Å². The van der Waals surface area contributed by atoms with Crippen LogP contribution in [-0.4, -0.2) is 26.3 Å². The quantitative estimate of drug-likeness (QED) is 0.601. The van der Waals surface area contributed by atoms with E-state index in [9.17, 15) is 0 Å². The molecule has 0 heterocycles. The van der Waals surface area contributed by atoms with E-state index >= 15 is 0 Å². The summed E-state index contributed by atoms with van der Waals surface area (Å²) in [4.78, 5) is 0. The molecule has 0 aromatic carbocycles. The Hall–Kier alpha value is -0.0800. The summed E-state index contributed by atoms with van der Waals surface area (Å²) in [5, 5.41) is 3.08. The van der Waals surface area contributed by atoms with Gasteiger partial charge in [0.1, 0.15) is 0 Å². The van der Waals surface area contributed by atoms with Crippen molar-refractivity contribution < 1.29 is 4.74 Å². The molecule has 0 spiro atoms. The van der Waals surface area contributed by atoms with Gasteiger partial charge in [-0.15, -0.1) is 0 Å². The Labute approximate surface area is 57.6 Å². The van der Waals surface area contributed by atoms with Crippen LogP contribution in [0, 0.1) is 0 Å². The Morgan fingerprint density at radius 1 is 1.56 bits per heavy atom. The van der Waals surface area contributed by atoms with Crippen LogP contribution in [0.1, 0.15) is 20.3 Å². The molecule has 1 atom stereocenters. The van der Waals surface area contributed by atoms with Gasteiger partial charge >= 0.3 is 0 Å². The molecule has 0 aromatic heterocycles. The second-order valence-corrected chi connectivity index (χ2v) is 2.16. The van der Waals surface area contributed by atoms with Crippen LogP contribution in [0.2, 0.25) is 0 Å². The van der Waals surface area contributed by atoms with Gasteiger partial charge in [-0.2, -0.15) is 0 Å². The number of nitrogens with one attached hydrogen (secondary N) is 1. The first-order chi connectivity index (χ1) is 4.31. The van der Waals surface area contributed by atoms with Crippen molar-refractivity contribution in [2.24, 2.45) is 0 Å². The Balaban J connectivity index is 2.95. The Morgan fingerprint density at radius 2 is 2.22 bits per heavy atom. The van der Waals surface area contributed by atoms with Gasteiger partial charge in [0.05, 0.1) is 6.10 Å². The molecule has 0 aliphatic rings. The minimum absolute atomic E-state index is 0.405. The number of ether oxygens (including phenoxy) is 1. The second kappa shape index (κ2) is 6.05. The third kappa shape index (κ3) is 5.80. The van der Waals surface area contributed by atoms with E-state index in [0.29, 0.717) is 6.10 Å². The lowest BCUT2D eigenvalue weighted by Gasteiger charge is -2.09. The highest BCUT2D eigenvalue weighted by atomic mass is 16.5. The van der Waals surface area contributed by atoms with Crippen molar-refractivity contribution in [3.8, 4) is 0 Å². The molecule has 0 aliphatic heterocycles. The third-order valence-electron chi connectivity index (χ3n) is 1.25. The van der Waals surface area contributed by atoms with Gasteiger partial charge in [-0.1, -0.05) is 0 Å². The molecule has 1 N–H and O–H groups in total. The maximum atomic E-state index is 5.30. The highest BCUT2D eigenvalue weighted by molar-refractivity contribution is 4.50. The van der Waals surface area contributed by atoms with Crippen LogP contribution in [-0.2, 0) is 4.74 Å². The van der Waals surface area contributed by atoms with Crippen LogP contribution in [0.3, 0.4) is 0 Å². The van der Waals surface area contributed by atoms with Crippen LogP contribution < -0.4 is 5.32 Å². The summed E-state index contributed by atoms with van der Waals surface area (Å²) >= 11 is 0. The molecule has 0 saturated heterocycles. The summed E-state index contributed by atoms with van der Waals surface area (Å²) in [6, 6.07) is 0. The minimum Gasteiger partial charge on any atom is -0.379 e. The minimum atomic E-state index is 0.405. The SMILES string of the molecule is CCO[C@@H](C)CCNC. The normalized spacial score (nSPS) is 13.7. The molecule has 9 heavy (non-hydrogen) atoms. The molecule has 2 nitrogen and oxygen atoms in total. The van der Waals surface area contributed by atoms with Gasteiger partial charge in [0.15, 0.2) is 0 Å². The van der Waals surface area contributed by atoms with E-state index in [1.807, 2.05) is 14.0 Å². The molecule has 0 amide bonds. The fraction of sp³-hybridized carbons (Fsp3) is 1.00. The lowest BCUT2D eigenvalue weighted by Crippen LogP contribution is -2.16. The summed E-state index contributed by atoms with van der Waals surface area (Å²) < 4.78 is 5.30. The summed E-state index contributed by atoms with van der Waals surface area (Å²) in [6.45, 7) is 5.99. The molecule has 0 bridgehead atoms. The summed E-state index contributed by atoms with van der Waals surface area (Å²) in [5.74, 6) is 0. The van der Waals surface area contributed by atoms with Gasteiger partial charge in [-0.25, -0.2) is 0 Å². The largest absolute Gasteiger partial charge is 0.379 e. The highest BCUT2D eigenvalue weighted by Crippen LogP contribution is 1.93. The van der Waals surface area contributed by atoms with E-state index in [1.165, 1.54) is 0 Å². The van der Waals surface area contributed by atoms with Gasteiger partial charge in [0.25, 0.3) is 0 Å². The monoisotopic (exact) mass is 131 g/mol. The zero-order valence-electron chi connectivity index (χ0n) is 6.61. The fourth-order valence-corrected chi connectivity index (χ4v) is 0.715. The molecule has 56 valence electrons. The smallest absolute Gasteiger partial charge is 0.0558 e. The van der Waals surface area contributed by atoms with Crippen molar-refractivity contribution in [3.05, 3.63) is 0 Å². The van der Waals surface area contributed by atoms with Crippen molar-refractivity contribution in [1.82, 2.24) is 5.32 Å². The first-order valence-electron chi connectivity index (χ1n) is 3.57. The maximum absolute atomic E-state index is 5.30. The average molecular weight is 131 g/mol. The molecule has 0 unspecified atom stereocenters. The van der Waals surface area contributed by atoms with Crippen LogP contribution in [0.25, 0.3) is 0 Å². The molecule has 0 aromatic rings. The van der Waals surface area contributed by atoms with E-state index in [4.69, 9.17) is 4.74 Å². The summed E-state index contributed by atoms with van der Waals surface area (Å²) in [5.41, 5.74) is 0. The zero-order chi connectivity index (χ0) is 7.11. The average Bonchev–Trinajstić information content (AvgIpc) is 1.85. The Kier molecular flexibility index (Phi) is 5.99. The Morgan fingerprint density at radius 3 is 2.67 bits per heavy atom. The number of hydrogen-bond donors (Lipinski definition) is 1. The summed E-state index contributed by atoms with van der Waals surface area (Å²) in [6.07, 6.45) is 1.51. The first-order valence-corrected chi connectivity index (χ1v) is 3.57. The molecule has 0 aliphatic carbocycles. The standard InChI is InChI=1S/C7H17NO/c1-4-9-7(2)5-6-8-3/h7-8H,4-6H2,1-3H3/t7-/m0/s1. The molecule has 2 heteroatoms. The lowest BCUT2D eigenvalue weighted by atomic mass is 10.3. The molecular weight excluding hydrogens is 114 g/mol. The van der Waals surface area contributed by atoms with E-state index in [0.717, 1.165) is 19.6 Å². The lowest BCUT2D eigenvalue weighted by molar-refractivity contribution is 0.0708. The highest BCUT2D eigenvalue weighted by Gasteiger charge is 1.97. The molecule has 0 rings (SSSR count).